The number of thioether (sulfide) groups is 1. The number of ketones is 1. The van der Waals surface area contributed by atoms with Gasteiger partial charge in [-0.05, 0) is 39.7 Å². The van der Waals surface area contributed by atoms with Crippen LogP contribution in [0.25, 0.3) is 0 Å². The Morgan fingerprint density at radius 2 is 1.91 bits per heavy atom. The van der Waals surface area contributed by atoms with Crippen molar-refractivity contribution < 1.29 is 9.18 Å². The summed E-state index contributed by atoms with van der Waals surface area (Å²) in [5.41, 5.74) is 2.05. The molecule has 2 nitrogen and oxygen atoms in total. The van der Waals surface area contributed by atoms with Gasteiger partial charge in [0, 0.05) is 42.3 Å². The first-order valence-electron chi connectivity index (χ1n) is 7.53. The molecule has 0 amide bonds. The van der Waals surface area contributed by atoms with Crippen LogP contribution in [0.15, 0.2) is 46.9 Å². The van der Waals surface area contributed by atoms with E-state index in [1.165, 1.54) is 6.07 Å². The van der Waals surface area contributed by atoms with E-state index in [0.29, 0.717) is 15.6 Å². The summed E-state index contributed by atoms with van der Waals surface area (Å²) in [6.07, 6.45) is 0. The number of carbonyl (C=O) groups is 1. The molecule has 0 spiro atoms. The zero-order valence-corrected chi connectivity index (χ0v) is 15.0. The molecule has 1 aliphatic rings. The summed E-state index contributed by atoms with van der Waals surface area (Å²) in [6, 6.07) is 12.2. The van der Waals surface area contributed by atoms with Crippen molar-refractivity contribution in [3.05, 3.63) is 69.4 Å². The molecule has 1 heterocycles. The minimum Gasteiger partial charge on any atom is -0.297 e. The summed E-state index contributed by atoms with van der Waals surface area (Å²) in [5.74, 6) is 1.72. The maximum atomic E-state index is 13.7. The van der Waals surface area contributed by atoms with E-state index in [2.05, 4.69) is 20.8 Å². The van der Waals surface area contributed by atoms with Gasteiger partial charge in [-0.15, -0.1) is 0 Å². The Kier molecular flexibility index (Phi) is 5.51. The molecule has 0 aromatic heterocycles. The van der Waals surface area contributed by atoms with Gasteiger partial charge >= 0.3 is 0 Å². The predicted molar refractivity (Wildman–Crippen MR) is 96.6 cm³/mol. The van der Waals surface area contributed by atoms with Crippen LogP contribution in [0.4, 0.5) is 4.39 Å². The van der Waals surface area contributed by atoms with Crippen LogP contribution in [0.2, 0.25) is 0 Å². The number of carbonyl (C=O) groups excluding carboxylic acids is 1. The Morgan fingerprint density at radius 3 is 2.65 bits per heavy atom. The minimum atomic E-state index is -0.415. The number of rotatable bonds is 4. The molecule has 0 aliphatic carbocycles. The molecule has 1 fully saturated rings. The molecule has 0 atom stereocenters. The molecule has 0 radical (unpaired) electrons. The molecule has 0 N–H and O–H groups in total. The third-order valence-electron chi connectivity index (χ3n) is 3.94. The lowest BCUT2D eigenvalue weighted by atomic mass is 9.98. The standard InChI is InChI=1S/C18H17BrFNOS/c19-16-6-5-13(11-17(16)20)18(22)15-4-2-1-3-14(15)12-21-7-9-23-10-8-21/h1-6,11H,7-10,12H2. The lowest BCUT2D eigenvalue weighted by molar-refractivity contribution is 0.103. The van der Waals surface area contributed by atoms with Crippen LogP contribution in [0.3, 0.4) is 0 Å². The largest absolute Gasteiger partial charge is 0.297 e. The number of hydrogen-bond acceptors (Lipinski definition) is 3. The van der Waals surface area contributed by atoms with E-state index in [1.807, 2.05) is 36.0 Å². The van der Waals surface area contributed by atoms with Gasteiger partial charge in [-0.3, -0.25) is 9.69 Å². The second-order valence-corrected chi connectivity index (χ2v) is 7.58. The van der Waals surface area contributed by atoms with Crippen molar-refractivity contribution in [2.24, 2.45) is 0 Å². The second-order valence-electron chi connectivity index (χ2n) is 5.50. The van der Waals surface area contributed by atoms with Crippen molar-refractivity contribution >= 4 is 33.5 Å². The average molecular weight is 394 g/mol. The van der Waals surface area contributed by atoms with Gasteiger partial charge in [-0.2, -0.15) is 11.8 Å². The van der Waals surface area contributed by atoms with Gasteiger partial charge in [0.05, 0.1) is 4.47 Å². The van der Waals surface area contributed by atoms with Crippen LogP contribution in [0.5, 0.6) is 0 Å². The van der Waals surface area contributed by atoms with Crippen molar-refractivity contribution in [3.63, 3.8) is 0 Å². The Morgan fingerprint density at radius 1 is 1.17 bits per heavy atom. The van der Waals surface area contributed by atoms with Crippen LogP contribution in [0.1, 0.15) is 21.5 Å². The maximum absolute atomic E-state index is 13.7. The summed E-state index contributed by atoms with van der Waals surface area (Å²) < 4.78 is 14.1. The highest BCUT2D eigenvalue weighted by molar-refractivity contribution is 9.10. The van der Waals surface area contributed by atoms with Crippen molar-refractivity contribution in [3.8, 4) is 0 Å². The Balaban J connectivity index is 1.86. The van der Waals surface area contributed by atoms with Gasteiger partial charge in [0.1, 0.15) is 5.82 Å². The molecule has 1 saturated heterocycles. The zero-order chi connectivity index (χ0) is 16.2. The minimum absolute atomic E-state index is 0.126. The molecule has 0 saturated carbocycles. The van der Waals surface area contributed by atoms with E-state index >= 15 is 0 Å². The van der Waals surface area contributed by atoms with Gasteiger partial charge in [0.2, 0.25) is 0 Å². The normalized spacial score (nSPS) is 15.6. The van der Waals surface area contributed by atoms with E-state index in [-0.39, 0.29) is 5.78 Å². The van der Waals surface area contributed by atoms with Crippen molar-refractivity contribution in [2.75, 3.05) is 24.6 Å². The SMILES string of the molecule is O=C(c1ccc(Br)c(F)c1)c1ccccc1CN1CCSCC1. The highest BCUT2D eigenvalue weighted by Crippen LogP contribution is 2.22. The van der Waals surface area contributed by atoms with Crippen LogP contribution in [-0.2, 0) is 6.54 Å². The van der Waals surface area contributed by atoms with Crippen LogP contribution >= 0.6 is 27.7 Å². The van der Waals surface area contributed by atoms with Crippen LogP contribution < -0.4 is 0 Å². The molecule has 2 aromatic carbocycles. The highest BCUT2D eigenvalue weighted by atomic mass is 79.9. The summed E-state index contributed by atoms with van der Waals surface area (Å²) >= 11 is 5.08. The Bertz CT molecular complexity index is 716. The molecular weight excluding hydrogens is 377 g/mol. The number of hydrogen-bond donors (Lipinski definition) is 0. The smallest absolute Gasteiger partial charge is 0.193 e. The molecular formula is C18H17BrFNOS. The molecule has 5 heteroatoms. The van der Waals surface area contributed by atoms with Gasteiger partial charge in [-0.25, -0.2) is 4.39 Å². The number of halogens is 2. The molecule has 0 unspecified atom stereocenters. The lowest BCUT2D eigenvalue weighted by Gasteiger charge is -2.26. The second kappa shape index (κ2) is 7.60. The van der Waals surface area contributed by atoms with Crippen molar-refractivity contribution in [1.29, 1.82) is 0 Å². The quantitative estimate of drug-likeness (QED) is 0.719. The fourth-order valence-electron chi connectivity index (χ4n) is 2.67. The van der Waals surface area contributed by atoms with Crippen molar-refractivity contribution in [1.82, 2.24) is 4.90 Å². The summed E-state index contributed by atoms with van der Waals surface area (Å²) in [7, 11) is 0. The first-order valence-corrected chi connectivity index (χ1v) is 9.47. The molecule has 3 rings (SSSR count). The zero-order valence-electron chi connectivity index (χ0n) is 12.6. The first kappa shape index (κ1) is 16.7. The predicted octanol–water partition coefficient (Wildman–Crippen LogP) is 4.37. The summed E-state index contributed by atoms with van der Waals surface area (Å²) in [6.45, 7) is 2.85. The van der Waals surface area contributed by atoms with Gasteiger partial charge in [0.25, 0.3) is 0 Å². The average Bonchev–Trinajstić information content (AvgIpc) is 2.58. The van der Waals surface area contributed by atoms with Crippen LogP contribution in [-0.4, -0.2) is 35.3 Å². The van der Waals surface area contributed by atoms with Gasteiger partial charge < -0.3 is 0 Å². The third-order valence-corrected chi connectivity index (χ3v) is 5.53. The molecule has 1 aliphatic heterocycles. The first-order chi connectivity index (χ1) is 11.1. The monoisotopic (exact) mass is 393 g/mol. The Hall–Kier alpha value is -1.17. The highest BCUT2D eigenvalue weighted by Gasteiger charge is 2.17. The number of nitrogens with zero attached hydrogens (tertiary/aromatic N) is 1. The van der Waals surface area contributed by atoms with E-state index in [0.717, 1.165) is 36.7 Å². The fourth-order valence-corrected chi connectivity index (χ4v) is 3.90. The molecule has 23 heavy (non-hydrogen) atoms. The molecule has 2 aromatic rings. The van der Waals surface area contributed by atoms with Gasteiger partial charge in [0.15, 0.2) is 5.78 Å². The van der Waals surface area contributed by atoms with Crippen LogP contribution in [0, 0.1) is 5.82 Å². The molecule has 120 valence electrons. The number of benzene rings is 2. The summed E-state index contributed by atoms with van der Waals surface area (Å²) in [4.78, 5) is 15.1. The Labute approximate surface area is 148 Å². The van der Waals surface area contributed by atoms with E-state index in [1.54, 1.807) is 12.1 Å². The third kappa shape index (κ3) is 4.03. The molecule has 0 bridgehead atoms. The fraction of sp³-hybridized carbons (Fsp3) is 0.278. The topological polar surface area (TPSA) is 20.3 Å². The van der Waals surface area contributed by atoms with E-state index < -0.39 is 5.82 Å². The summed E-state index contributed by atoms with van der Waals surface area (Å²) in [5, 5.41) is 0. The lowest BCUT2D eigenvalue weighted by Crippen LogP contribution is -2.32. The maximum Gasteiger partial charge on any atom is 0.193 e. The van der Waals surface area contributed by atoms with E-state index in [4.69, 9.17) is 0 Å². The van der Waals surface area contributed by atoms with Crippen molar-refractivity contribution in [2.45, 2.75) is 6.54 Å². The van der Waals surface area contributed by atoms with E-state index in [9.17, 15) is 9.18 Å². The van der Waals surface area contributed by atoms with Gasteiger partial charge in [-0.1, -0.05) is 24.3 Å².